The summed E-state index contributed by atoms with van der Waals surface area (Å²) in [6.45, 7) is 5.30. The van der Waals surface area contributed by atoms with E-state index in [2.05, 4.69) is 39.1 Å². The molecule has 1 aromatic rings. The summed E-state index contributed by atoms with van der Waals surface area (Å²) in [5, 5.41) is 3.39. The summed E-state index contributed by atoms with van der Waals surface area (Å²) in [4.78, 5) is 2.39. The molecule has 0 spiro atoms. The van der Waals surface area contributed by atoms with E-state index in [0.717, 1.165) is 29.9 Å². The summed E-state index contributed by atoms with van der Waals surface area (Å²) in [5.41, 5.74) is 1.17. The Bertz CT molecular complexity index is 370. The SMILES string of the molecule is COc1ccc(Br)cc1N1CCNCC1C. The third-order valence-corrected chi connectivity index (χ3v) is 3.44. The van der Waals surface area contributed by atoms with Crippen LogP contribution in [-0.2, 0) is 0 Å². The highest BCUT2D eigenvalue weighted by Crippen LogP contribution is 2.32. The molecule has 0 bridgehead atoms. The Labute approximate surface area is 105 Å². The maximum absolute atomic E-state index is 5.42. The predicted molar refractivity (Wildman–Crippen MR) is 70.4 cm³/mol. The molecule has 1 aromatic carbocycles. The lowest BCUT2D eigenvalue weighted by Crippen LogP contribution is -2.50. The highest BCUT2D eigenvalue weighted by molar-refractivity contribution is 9.10. The van der Waals surface area contributed by atoms with E-state index in [4.69, 9.17) is 4.74 Å². The van der Waals surface area contributed by atoms with Crippen molar-refractivity contribution in [3.8, 4) is 5.75 Å². The Balaban J connectivity index is 2.33. The van der Waals surface area contributed by atoms with Gasteiger partial charge < -0.3 is 15.0 Å². The number of hydrogen-bond donors (Lipinski definition) is 1. The molecule has 88 valence electrons. The molecule has 2 rings (SSSR count). The molecule has 1 unspecified atom stereocenters. The van der Waals surface area contributed by atoms with E-state index < -0.39 is 0 Å². The Morgan fingerprint density at radius 2 is 2.31 bits per heavy atom. The molecule has 0 amide bonds. The zero-order valence-corrected chi connectivity index (χ0v) is 11.3. The number of nitrogens with zero attached hydrogens (tertiary/aromatic N) is 1. The molecule has 1 aliphatic heterocycles. The number of methoxy groups -OCH3 is 1. The van der Waals surface area contributed by atoms with Crippen LogP contribution in [0.5, 0.6) is 5.75 Å². The van der Waals surface area contributed by atoms with E-state index in [1.54, 1.807) is 7.11 Å². The summed E-state index contributed by atoms with van der Waals surface area (Å²) in [6.07, 6.45) is 0. The monoisotopic (exact) mass is 284 g/mol. The van der Waals surface area contributed by atoms with Gasteiger partial charge in [0.05, 0.1) is 12.8 Å². The van der Waals surface area contributed by atoms with Crippen molar-refractivity contribution in [1.82, 2.24) is 5.32 Å². The lowest BCUT2D eigenvalue weighted by atomic mass is 10.1. The van der Waals surface area contributed by atoms with Gasteiger partial charge in [-0.1, -0.05) is 15.9 Å². The zero-order chi connectivity index (χ0) is 11.5. The largest absolute Gasteiger partial charge is 0.495 e. The van der Waals surface area contributed by atoms with Gasteiger partial charge in [-0.15, -0.1) is 0 Å². The minimum absolute atomic E-state index is 0.497. The van der Waals surface area contributed by atoms with E-state index in [9.17, 15) is 0 Å². The van der Waals surface area contributed by atoms with Crippen LogP contribution in [0.4, 0.5) is 5.69 Å². The Hall–Kier alpha value is -0.740. The van der Waals surface area contributed by atoms with E-state index in [1.807, 2.05) is 12.1 Å². The van der Waals surface area contributed by atoms with Crippen molar-refractivity contribution in [2.75, 3.05) is 31.6 Å². The van der Waals surface area contributed by atoms with Gasteiger partial charge in [0.15, 0.2) is 0 Å². The van der Waals surface area contributed by atoms with E-state index >= 15 is 0 Å². The number of nitrogens with one attached hydrogen (secondary N) is 1. The number of piperazine rings is 1. The summed E-state index contributed by atoms with van der Waals surface area (Å²) in [5.74, 6) is 0.942. The molecule has 4 heteroatoms. The standard InChI is InChI=1S/C12H17BrN2O/c1-9-8-14-5-6-15(9)11-7-10(13)3-4-12(11)16-2/h3-4,7,9,14H,5-6,8H2,1-2H3. The molecule has 0 radical (unpaired) electrons. The molecule has 1 heterocycles. The third kappa shape index (κ3) is 2.33. The first kappa shape index (κ1) is 11.7. The minimum atomic E-state index is 0.497. The van der Waals surface area contributed by atoms with Crippen LogP contribution >= 0.6 is 15.9 Å². The molecular weight excluding hydrogens is 268 g/mol. The maximum Gasteiger partial charge on any atom is 0.142 e. The lowest BCUT2D eigenvalue weighted by Gasteiger charge is -2.36. The molecule has 0 aromatic heterocycles. The Morgan fingerprint density at radius 1 is 1.50 bits per heavy atom. The molecule has 1 atom stereocenters. The van der Waals surface area contributed by atoms with Gasteiger partial charge in [0, 0.05) is 30.1 Å². The van der Waals surface area contributed by atoms with Crippen LogP contribution in [0.15, 0.2) is 22.7 Å². The molecule has 0 saturated carbocycles. The molecular formula is C12H17BrN2O. The van der Waals surface area contributed by atoms with Crippen molar-refractivity contribution < 1.29 is 4.74 Å². The number of rotatable bonds is 2. The summed E-state index contributed by atoms with van der Waals surface area (Å²) in [6, 6.07) is 6.64. The molecule has 0 aliphatic carbocycles. The third-order valence-electron chi connectivity index (χ3n) is 2.95. The second-order valence-corrected chi connectivity index (χ2v) is 4.98. The Kier molecular flexibility index (Phi) is 3.71. The summed E-state index contributed by atoms with van der Waals surface area (Å²) < 4.78 is 6.51. The smallest absolute Gasteiger partial charge is 0.142 e. The average Bonchev–Trinajstić information content (AvgIpc) is 2.29. The average molecular weight is 285 g/mol. The molecule has 1 fully saturated rings. The van der Waals surface area contributed by atoms with Gasteiger partial charge >= 0.3 is 0 Å². The zero-order valence-electron chi connectivity index (χ0n) is 9.66. The maximum atomic E-state index is 5.42. The van der Waals surface area contributed by atoms with E-state index in [1.165, 1.54) is 5.69 Å². The predicted octanol–water partition coefficient (Wildman–Crippen LogP) is 2.26. The first-order valence-corrected chi connectivity index (χ1v) is 6.32. The summed E-state index contributed by atoms with van der Waals surface area (Å²) in [7, 11) is 1.72. The molecule has 16 heavy (non-hydrogen) atoms. The van der Waals surface area contributed by atoms with Crippen LogP contribution in [0.25, 0.3) is 0 Å². The van der Waals surface area contributed by atoms with Gasteiger partial charge in [-0.3, -0.25) is 0 Å². The van der Waals surface area contributed by atoms with E-state index in [0.29, 0.717) is 6.04 Å². The number of ether oxygens (including phenoxy) is 1. The number of hydrogen-bond acceptors (Lipinski definition) is 3. The lowest BCUT2D eigenvalue weighted by molar-refractivity contribution is 0.409. The fraction of sp³-hybridized carbons (Fsp3) is 0.500. The minimum Gasteiger partial charge on any atom is -0.495 e. The van der Waals surface area contributed by atoms with Crippen LogP contribution < -0.4 is 15.0 Å². The van der Waals surface area contributed by atoms with Crippen molar-refractivity contribution in [1.29, 1.82) is 0 Å². The number of benzene rings is 1. The number of halogens is 1. The van der Waals surface area contributed by atoms with Gasteiger partial charge in [-0.2, -0.15) is 0 Å². The second kappa shape index (κ2) is 5.06. The van der Waals surface area contributed by atoms with Gasteiger partial charge in [-0.05, 0) is 25.1 Å². The fourth-order valence-electron chi connectivity index (χ4n) is 2.09. The van der Waals surface area contributed by atoms with Crippen LogP contribution in [0.1, 0.15) is 6.92 Å². The highest BCUT2D eigenvalue weighted by atomic mass is 79.9. The van der Waals surface area contributed by atoms with Gasteiger partial charge in [0.2, 0.25) is 0 Å². The summed E-state index contributed by atoms with van der Waals surface area (Å²) >= 11 is 3.51. The van der Waals surface area contributed by atoms with Crippen LogP contribution in [0, 0.1) is 0 Å². The van der Waals surface area contributed by atoms with E-state index in [-0.39, 0.29) is 0 Å². The Morgan fingerprint density at radius 3 is 3.00 bits per heavy atom. The van der Waals surface area contributed by atoms with Gasteiger partial charge in [-0.25, -0.2) is 0 Å². The molecule has 1 aliphatic rings. The molecule has 3 nitrogen and oxygen atoms in total. The number of anilines is 1. The normalized spacial score (nSPS) is 20.9. The van der Waals surface area contributed by atoms with Crippen molar-refractivity contribution in [3.63, 3.8) is 0 Å². The fourth-order valence-corrected chi connectivity index (χ4v) is 2.44. The quantitative estimate of drug-likeness (QED) is 0.902. The van der Waals surface area contributed by atoms with Gasteiger partial charge in [0.1, 0.15) is 5.75 Å². The topological polar surface area (TPSA) is 24.5 Å². The van der Waals surface area contributed by atoms with Crippen LogP contribution in [0.2, 0.25) is 0 Å². The molecule has 1 N–H and O–H groups in total. The van der Waals surface area contributed by atoms with Crippen molar-refractivity contribution in [2.45, 2.75) is 13.0 Å². The van der Waals surface area contributed by atoms with Crippen molar-refractivity contribution >= 4 is 21.6 Å². The van der Waals surface area contributed by atoms with Crippen LogP contribution in [-0.4, -0.2) is 32.8 Å². The first-order valence-electron chi connectivity index (χ1n) is 5.53. The highest BCUT2D eigenvalue weighted by Gasteiger charge is 2.21. The van der Waals surface area contributed by atoms with Crippen molar-refractivity contribution in [2.24, 2.45) is 0 Å². The van der Waals surface area contributed by atoms with Crippen LogP contribution in [0.3, 0.4) is 0 Å². The van der Waals surface area contributed by atoms with Gasteiger partial charge in [0.25, 0.3) is 0 Å². The van der Waals surface area contributed by atoms with Crippen molar-refractivity contribution in [3.05, 3.63) is 22.7 Å². The second-order valence-electron chi connectivity index (χ2n) is 4.06. The molecule has 1 saturated heterocycles. The first-order chi connectivity index (χ1) is 7.72.